The molecule has 7 heteroatoms. The van der Waals surface area contributed by atoms with Crippen molar-refractivity contribution in [2.45, 2.75) is 44.7 Å². The second-order valence-electron chi connectivity index (χ2n) is 6.82. The van der Waals surface area contributed by atoms with Gasteiger partial charge in [-0.1, -0.05) is 30.3 Å². The Kier molecular flexibility index (Phi) is 6.74. The maximum absolute atomic E-state index is 12.6. The molecule has 0 saturated heterocycles. The second-order valence-corrected chi connectivity index (χ2v) is 6.82. The van der Waals surface area contributed by atoms with Gasteiger partial charge in [-0.15, -0.1) is 0 Å². The third-order valence-electron chi connectivity index (χ3n) is 4.94. The summed E-state index contributed by atoms with van der Waals surface area (Å²) in [7, 11) is 0. The highest BCUT2D eigenvalue weighted by Gasteiger charge is 2.40. The zero-order valence-corrected chi connectivity index (χ0v) is 15.3. The minimum absolute atomic E-state index is 0.0262. The van der Waals surface area contributed by atoms with E-state index in [9.17, 15) is 19.5 Å². The van der Waals surface area contributed by atoms with Crippen LogP contribution in [-0.4, -0.2) is 53.5 Å². The van der Waals surface area contributed by atoms with Gasteiger partial charge in [0.1, 0.15) is 6.04 Å². The van der Waals surface area contributed by atoms with Gasteiger partial charge in [-0.2, -0.15) is 0 Å². The van der Waals surface area contributed by atoms with Crippen LogP contribution in [0.5, 0.6) is 0 Å². The molecule has 1 aliphatic carbocycles. The van der Waals surface area contributed by atoms with Crippen molar-refractivity contribution in [2.75, 3.05) is 19.6 Å². The molecule has 0 aliphatic heterocycles. The van der Waals surface area contributed by atoms with Crippen LogP contribution in [-0.2, 0) is 19.9 Å². The lowest BCUT2D eigenvalue weighted by atomic mass is 9.72. The molecule has 1 unspecified atom stereocenters. The summed E-state index contributed by atoms with van der Waals surface area (Å²) in [6, 6.07) is 9.04. The SMILES string of the molecule is CC(=O)NCCN(CC(=O)NC1(c2ccccc2)CCC1)C(C)C(=O)O. The van der Waals surface area contributed by atoms with Crippen LogP contribution in [0, 0.1) is 0 Å². The van der Waals surface area contributed by atoms with E-state index in [0.717, 1.165) is 24.8 Å². The Balaban J connectivity index is 2.01. The minimum Gasteiger partial charge on any atom is -0.480 e. The van der Waals surface area contributed by atoms with E-state index in [1.807, 2.05) is 30.3 Å². The van der Waals surface area contributed by atoms with Crippen molar-refractivity contribution in [2.24, 2.45) is 0 Å². The predicted molar refractivity (Wildman–Crippen MR) is 97.5 cm³/mol. The molecule has 1 aromatic carbocycles. The van der Waals surface area contributed by atoms with Gasteiger partial charge in [-0.05, 0) is 31.7 Å². The number of nitrogens with one attached hydrogen (secondary N) is 2. The smallest absolute Gasteiger partial charge is 0.320 e. The zero-order valence-electron chi connectivity index (χ0n) is 15.3. The van der Waals surface area contributed by atoms with Crippen LogP contribution < -0.4 is 10.6 Å². The minimum atomic E-state index is -0.998. The van der Waals surface area contributed by atoms with Crippen LogP contribution in [0.3, 0.4) is 0 Å². The molecule has 0 heterocycles. The molecule has 1 aromatic rings. The molecular weight excluding hydrogens is 334 g/mol. The highest BCUT2D eigenvalue weighted by Crippen LogP contribution is 2.41. The largest absolute Gasteiger partial charge is 0.480 e. The molecule has 1 saturated carbocycles. The Morgan fingerprint density at radius 2 is 1.88 bits per heavy atom. The fourth-order valence-corrected chi connectivity index (χ4v) is 3.21. The first-order valence-corrected chi connectivity index (χ1v) is 8.92. The average Bonchev–Trinajstić information content (AvgIpc) is 2.57. The molecule has 7 nitrogen and oxygen atoms in total. The molecule has 0 radical (unpaired) electrons. The molecule has 2 amide bonds. The second kappa shape index (κ2) is 8.80. The highest BCUT2D eigenvalue weighted by atomic mass is 16.4. The van der Waals surface area contributed by atoms with Gasteiger partial charge in [0.2, 0.25) is 11.8 Å². The van der Waals surface area contributed by atoms with E-state index in [1.165, 1.54) is 6.92 Å². The summed E-state index contributed by atoms with van der Waals surface area (Å²) in [6.07, 6.45) is 2.80. The van der Waals surface area contributed by atoms with Crippen LogP contribution in [0.1, 0.15) is 38.7 Å². The van der Waals surface area contributed by atoms with Crippen molar-refractivity contribution in [3.05, 3.63) is 35.9 Å². The maximum atomic E-state index is 12.6. The van der Waals surface area contributed by atoms with Crippen molar-refractivity contribution in [3.8, 4) is 0 Å². The predicted octanol–water partition coefficient (Wildman–Crippen LogP) is 1.09. The Morgan fingerprint density at radius 1 is 1.23 bits per heavy atom. The summed E-state index contributed by atoms with van der Waals surface area (Å²) in [5.74, 6) is -1.39. The fraction of sp³-hybridized carbons (Fsp3) is 0.526. The Morgan fingerprint density at radius 3 is 2.38 bits per heavy atom. The van der Waals surface area contributed by atoms with E-state index in [4.69, 9.17) is 0 Å². The molecule has 1 atom stereocenters. The Hall–Kier alpha value is -2.41. The Bertz CT molecular complexity index is 643. The van der Waals surface area contributed by atoms with E-state index >= 15 is 0 Å². The first-order valence-electron chi connectivity index (χ1n) is 8.92. The molecule has 0 bridgehead atoms. The lowest BCUT2D eigenvalue weighted by Gasteiger charge is -2.43. The van der Waals surface area contributed by atoms with E-state index in [-0.39, 0.29) is 23.9 Å². The zero-order chi connectivity index (χ0) is 19.2. The monoisotopic (exact) mass is 361 g/mol. The number of carboxylic acids is 1. The van der Waals surface area contributed by atoms with Crippen molar-refractivity contribution in [3.63, 3.8) is 0 Å². The number of aliphatic carboxylic acids is 1. The summed E-state index contributed by atoms with van der Waals surface area (Å²) < 4.78 is 0. The number of hydrogen-bond donors (Lipinski definition) is 3. The van der Waals surface area contributed by atoms with Crippen molar-refractivity contribution < 1.29 is 19.5 Å². The maximum Gasteiger partial charge on any atom is 0.320 e. The van der Waals surface area contributed by atoms with Gasteiger partial charge in [-0.3, -0.25) is 19.3 Å². The normalized spacial score (nSPS) is 16.4. The van der Waals surface area contributed by atoms with E-state index in [2.05, 4.69) is 10.6 Å². The Labute approximate surface area is 153 Å². The van der Waals surface area contributed by atoms with Gasteiger partial charge in [0.25, 0.3) is 0 Å². The quantitative estimate of drug-likeness (QED) is 0.612. The van der Waals surface area contributed by atoms with Crippen LogP contribution in [0.15, 0.2) is 30.3 Å². The number of rotatable bonds is 9. The molecule has 26 heavy (non-hydrogen) atoms. The van der Waals surface area contributed by atoms with Crippen LogP contribution in [0.2, 0.25) is 0 Å². The lowest BCUT2D eigenvalue weighted by molar-refractivity contribution is -0.143. The number of carbonyl (C=O) groups is 3. The summed E-state index contributed by atoms with van der Waals surface area (Å²) >= 11 is 0. The summed E-state index contributed by atoms with van der Waals surface area (Å²) in [6.45, 7) is 3.50. The number of carboxylic acid groups (broad SMARTS) is 1. The molecule has 0 aromatic heterocycles. The van der Waals surface area contributed by atoms with Crippen LogP contribution >= 0.6 is 0 Å². The molecule has 1 aliphatic rings. The third-order valence-corrected chi connectivity index (χ3v) is 4.94. The first kappa shape index (κ1) is 19.9. The molecular formula is C19H27N3O4. The van der Waals surface area contributed by atoms with Gasteiger partial charge < -0.3 is 15.7 Å². The van der Waals surface area contributed by atoms with Gasteiger partial charge >= 0.3 is 5.97 Å². The first-order chi connectivity index (χ1) is 12.3. The topological polar surface area (TPSA) is 98.7 Å². The van der Waals surface area contributed by atoms with Gasteiger partial charge in [-0.25, -0.2) is 0 Å². The molecule has 1 fully saturated rings. The van der Waals surface area contributed by atoms with Crippen molar-refractivity contribution in [1.29, 1.82) is 0 Å². The molecule has 0 spiro atoms. The van der Waals surface area contributed by atoms with Crippen LogP contribution in [0.25, 0.3) is 0 Å². The van der Waals surface area contributed by atoms with Crippen molar-refractivity contribution >= 4 is 17.8 Å². The standard InChI is InChI=1S/C19H27N3O4/c1-14(18(25)26)22(12-11-20-15(2)23)13-17(24)21-19(9-6-10-19)16-7-4-3-5-8-16/h3-5,7-8,14H,6,9-13H2,1-2H3,(H,20,23)(H,21,24)(H,25,26). The highest BCUT2D eigenvalue weighted by molar-refractivity contribution is 5.81. The molecule has 3 N–H and O–H groups in total. The summed E-state index contributed by atoms with van der Waals surface area (Å²) in [4.78, 5) is 36.5. The average molecular weight is 361 g/mol. The fourth-order valence-electron chi connectivity index (χ4n) is 3.21. The van der Waals surface area contributed by atoms with Crippen LogP contribution in [0.4, 0.5) is 0 Å². The van der Waals surface area contributed by atoms with E-state index < -0.39 is 12.0 Å². The summed E-state index contributed by atoms with van der Waals surface area (Å²) in [5, 5.41) is 15.0. The summed E-state index contributed by atoms with van der Waals surface area (Å²) in [5.41, 5.74) is 0.726. The molecule has 142 valence electrons. The number of carbonyl (C=O) groups excluding carboxylic acids is 2. The number of amides is 2. The van der Waals surface area contributed by atoms with Gasteiger partial charge in [0, 0.05) is 20.0 Å². The number of nitrogens with zero attached hydrogens (tertiary/aromatic N) is 1. The van der Waals surface area contributed by atoms with Gasteiger partial charge in [0.15, 0.2) is 0 Å². The van der Waals surface area contributed by atoms with E-state index in [0.29, 0.717) is 13.1 Å². The molecule has 2 rings (SSSR count). The van der Waals surface area contributed by atoms with Gasteiger partial charge in [0.05, 0.1) is 12.1 Å². The van der Waals surface area contributed by atoms with Crippen molar-refractivity contribution in [1.82, 2.24) is 15.5 Å². The van der Waals surface area contributed by atoms with E-state index in [1.54, 1.807) is 11.8 Å². The number of benzene rings is 1. The lowest BCUT2D eigenvalue weighted by Crippen LogP contribution is -2.55. The number of hydrogen-bond acceptors (Lipinski definition) is 4. The third kappa shape index (κ3) is 5.05.